The minimum Gasteiger partial charge on any atom is -0.460 e. The molecule has 0 heterocycles. The maximum Gasteiger partial charge on any atom is 0.320 e. The fraction of sp³-hybridized carbons (Fsp3) is 0.185. The highest BCUT2D eigenvalue weighted by Crippen LogP contribution is 2.05. The van der Waals surface area contributed by atoms with Crippen LogP contribution in [-0.4, -0.2) is 36.5 Å². The molecule has 0 aliphatic carbocycles. The van der Waals surface area contributed by atoms with Crippen molar-refractivity contribution in [2.45, 2.75) is 13.2 Å². The Labute approximate surface area is 188 Å². The average molecular weight is 430 g/mol. The van der Waals surface area contributed by atoms with Gasteiger partial charge in [-0.1, -0.05) is 103 Å². The maximum atomic E-state index is 12.4. The van der Waals surface area contributed by atoms with Crippen molar-refractivity contribution in [1.29, 1.82) is 0 Å². The first kappa shape index (κ1) is 23.0. The highest BCUT2D eigenvalue weighted by Gasteiger charge is 2.16. The van der Waals surface area contributed by atoms with Crippen LogP contribution in [0.5, 0.6) is 0 Å². The fourth-order valence-corrected chi connectivity index (χ4v) is 3.02. The number of carbonyl (C=O) groups excluding carboxylic acids is 2. The molecule has 0 atom stereocenters. The van der Waals surface area contributed by atoms with E-state index in [-0.39, 0.29) is 26.3 Å². The van der Waals surface area contributed by atoms with Gasteiger partial charge in [0.1, 0.15) is 13.2 Å². The summed E-state index contributed by atoms with van der Waals surface area (Å²) >= 11 is 0. The van der Waals surface area contributed by atoms with Crippen molar-refractivity contribution < 1.29 is 19.1 Å². The maximum absolute atomic E-state index is 12.4. The van der Waals surface area contributed by atoms with Gasteiger partial charge in [-0.05, 0) is 16.7 Å². The van der Waals surface area contributed by atoms with E-state index in [9.17, 15) is 9.59 Å². The second-order valence-corrected chi connectivity index (χ2v) is 7.28. The molecule has 0 radical (unpaired) electrons. The van der Waals surface area contributed by atoms with Crippen molar-refractivity contribution in [3.05, 3.63) is 114 Å². The van der Waals surface area contributed by atoms with Gasteiger partial charge in [0, 0.05) is 6.54 Å². The Kier molecular flexibility index (Phi) is 9.24. The molecule has 0 aliphatic rings. The first-order valence-electron chi connectivity index (χ1n) is 10.5. The first-order chi connectivity index (χ1) is 15.7. The Morgan fingerprint density at radius 2 is 1.09 bits per heavy atom. The third-order valence-corrected chi connectivity index (χ3v) is 4.66. The molecule has 0 bridgehead atoms. The van der Waals surface area contributed by atoms with Crippen LogP contribution >= 0.6 is 0 Å². The molecule has 3 rings (SSSR count). The van der Waals surface area contributed by atoms with Crippen molar-refractivity contribution in [3.63, 3.8) is 0 Å². The van der Waals surface area contributed by atoms with Crippen LogP contribution in [0.1, 0.15) is 16.7 Å². The largest absolute Gasteiger partial charge is 0.460 e. The first-order valence-corrected chi connectivity index (χ1v) is 10.5. The van der Waals surface area contributed by atoms with Gasteiger partial charge in [-0.25, -0.2) is 0 Å². The Hall–Kier alpha value is -3.70. The van der Waals surface area contributed by atoms with Crippen LogP contribution in [0.15, 0.2) is 97.1 Å². The number of benzene rings is 3. The number of rotatable bonds is 11. The summed E-state index contributed by atoms with van der Waals surface area (Å²) in [7, 11) is 0. The van der Waals surface area contributed by atoms with E-state index in [0.29, 0.717) is 6.54 Å². The Bertz CT molecular complexity index is 930. The number of hydrogen-bond donors (Lipinski definition) is 0. The molecule has 5 nitrogen and oxygen atoms in total. The van der Waals surface area contributed by atoms with Crippen LogP contribution in [-0.2, 0) is 32.3 Å². The van der Waals surface area contributed by atoms with Crippen LogP contribution in [0.4, 0.5) is 0 Å². The number of hydrogen-bond acceptors (Lipinski definition) is 5. The van der Waals surface area contributed by atoms with Crippen molar-refractivity contribution in [3.8, 4) is 0 Å². The minimum absolute atomic E-state index is 0.00754. The molecule has 0 saturated carbocycles. The molecule has 3 aromatic carbocycles. The SMILES string of the molecule is O=C(CN(C/C=C/c1ccccc1)CC(=O)OCc1ccccc1)OCc1ccccc1. The zero-order valence-electron chi connectivity index (χ0n) is 17.9. The summed E-state index contributed by atoms with van der Waals surface area (Å²) in [6, 6.07) is 28.8. The summed E-state index contributed by atoms with van der Waals surface area (Å²) in [5, 5.41) is 0. The zero-order chi connectivity index (χ0) is 22.4. The lowest BCUT2D eigenvalue weighted by atomic mass is 10.2. The highest BCUT2D eigenvalue weighted by molar-refractivity contribution is 5.75. The van der Waals surface area contributed by atoms with Gasteiger partial charge >= 0.3 is 11.9 Å². The average Bonchev–Trinajstić information content (AvgIpc) is 2.83. The second kappa shape index (κ2) is 12.9. The van der Waals surface area contributed by atoms with Gasteiger partial charge in [0.05, 0.1) is 13.1 Å². The molecule has 5 heteroatoms. The number of carbonyl (C=O) groups is 2. The lowest BCUT2D eigenvalue weighted by Crippen LogP contribution is -2.36. The van der Waals surface area contributed by atoms with Gasteiger partial charge in [-0.3, -0.25) is 14.5 Å². The van der Waals surface area contributed by atoms with Crippen LogP contribution in [0.2, 0.25) is 0 Å². The van der Waals surface area contributed by atoms with Gasteiger partial charge in [0.15, 0.2) is 0 Å². The molecule has 0 amide bonds. The van der Waals surface area contributed by atoms with E-state index < -0.39 is 11.9 Å². The Morgan fingerprint density at radius 1 is 0.656 bits per heavy atom. The summed E-state index contributed by atoms with van der Waals surface area (Å²) in [5.41, 5.74) is 2.88. The quantitative estimate of drug-likeness (QED) is 0.421. The van der Waals surface area contributed by atoms with E-state index in [1.165, 1.54) is 0 Å². The highest BCUT2D eigenvalue weighted by atomic mass is 16.5. The third kappa shape index (κ3) is 8.58. The van der Waals surface area contributed by atoms with Gasteiger partial charge in [-0.15, -0.1) is 0 Å². The summed E-state index contributed by atoms with van der Waals surface area (Å²) < 4.78 is 10.8. The van der Waals surface area contributed by atoms with Crippen molar-refractivity contribution in [1.82, 2.24) is 4.90 Å². The van der Waals surface area contributed by atoms with Crippen molar-refractivity contribution in [2.24, 2.45) is 0 Å². The van der Waals surface area contributed by atoms with Gasteiger partial charge < -0.3 is 9.47 Å². The summed E-state index contributed by atoms with van der Waals surface area (Å²) in [5.74, 6) is -0.782. The molecular weight excluding hydrogens is 402 g/mol. The molecule has 0 aliphatic heterocycles. The topological polar surface area (TPSA) is 55.8 Å². The number of ether oxygens (including phenoxy) is 2. The smallest absolute Gasteiger partial charge is 0.320 e. The minimum atomic E-state index is -0.391. The van der Waals surface area contributed by atoms with Gasteiger partial charge in [0.25, 0.3) is 0 Å². The molecular formula is C27H27NO4. The standard InChI is InChI=1S/C27H27NO4/c29-26(31-21-24-13-6-2-7-14-24)19-28(18-10-17-23-11-4-1-5-12-23)20-27(30)32-22-25-15-8-3-9-16-25/h1-17H,18-22H2/b17-10+. The molecule has 0 fully saturated rings. The summed E-state index contributed by atoms with van der Waals surface area (Å²) in [4.78, 5) is 26.5. The van der Waals surface area contributed by atoms with E-state index >= 15 is 0 Å². The Balaban J connectivity index is 1.54. The van der Waals surface area contributed by atoms with Crippen LogP contribution in [0.25, 0.3) is 6.08 Å². The fourth-order valence-electron chi connectivity index (χ4n) is 3.02. The van der Waals surface area contributed by atoms with Crippen molar-refractivity contribution in [2.75, 3.05) is 19.6 Å². The Morgan fingerprint density at radius 3 is 1.56 bits per heavy atom. The van der Waals surface area contributed by atoms with E-state index in [0.717, 1.165) is 16.7 Å². The molecule has 0 unspecified atom stereocenters. The molecule has 0 saturated heterocycles. The molecule has 0 aromatic heterocycles. The monoisotopic (exact) mass is 429 g/mol. The van der Waals surface area contributed by atoms with Crippen molar-refractivity contribution >= 4 is 18.0 Å². The van der Waals surface area contributed by atoms with E-state index in [1.54, 1.807) is 4.90 Å². The third-order valence-electron chi connectivity index (χ3n) is 4.66. The molecule has 164 valence electrons. The predicted octanol–water partition coefficient (Wildman–Crippen LogP) is 4.49. The molecule has 32 heavy (non-hydrogen) atoms. The van der Waals surface area contributed by atoms with Crippen LogP contribution in [0.3, 0.4) is 0 Å². The number of nitrogens with zero attached hydrogens (tertiary/aromatic N) is 1. The summed E-state index contributed by atoms with van der Waals surface area (Å²) in [6.07, 6.45) is 3.88. The summed E-state index contributed by atoms with van der Waals surface area (Å²) in [6.45, 7) is 0.798. The second-order valence-electron chi connectivity index (χ2n) is 7.28. The normalized spacial score (nSPS) is 10.9. The van der Waals surface area contributed by atoms with Gasteiger partial charge in [0.2, 0.25) is 0 Å². The lowest BCUT2D eigenvalue weighted by Gasteiger charge is -2.19. The molecule has 0 N–H and O–H groups in total. The predicted molar refractivity (Wildman–Crippen MR) is 124 cm³/mol. The zero-order valence-corrected chi connectivity index (χ0v) is 17.9. The van der Waals surface area contributed by atoms with E-state index in [2.05, 4.69) is 0 Å². The van der Waals surface area contributed by atoms with Crippen LogP contribution < -0.4 is 0 Å². The van der Waals surface area contributed by atoms with E-state index in [1.807, 2.05) is 103 Å². The van der Waals surface area contributed by atoms with E-state index in [4.69, 9.17) is 9.47 Å². The van der Waals surface area contributed by atoms with Gasteiger partial charge in [-0.2, -0.15) is 0 Å². The van der Waals surface area contributed by atoms with Crippen LogP contribution in [0, 0.1) is 0 Å². The lowest BCUT2D eigenvalue weighted by molar-refractivity contribution is -0.149. The molecule has 0 spiro atoms. The number of esters is 2. The molecule has 3 aromatic rings.